The van der Waals surface area contributed by atoms with Crippen molar-refractivity contribution in [3.63, 3.8) is 0 Å². The molecule has 1 rings (SSSR count). The van der Waals surface area contributed by atoms with Crippen LogP contribution >= 0.6 is 0 Å². The number of hydrogen-bond donors (Lipinski definition) is 1. The Balaban J connectivity index is 2.40. The van der Waals surface area contributed by atoms with E-state index in [-0.39, 0.29) is 19.1 Å². The van der Waals surface area contributed by atoms with Crippen molar-refractivity contribution in [2.75, 3.05) is 13.2 Å². The normalized spacial score (nSPS) is 13.5. The van der Waals surface area contributed by atoms with Crippen LogP contribution in [0.2, 0.25) is 0 Å². The molecular formula is C12H18F3N3O. The van der Waals surface area contributed by atoms with Gasteiger partial charge in [-0.3, -0.25) is 0 Å². The fraction of sp³-hybridized carbons (Fsp3) is 0.667. The third-order valence-electron chi connectivity index (χ3n) is 2.49. The minimum absolute atomic E-state index is 0.0317. The molecule has 19 heavy (non-hydrogen) atoms. The SMILES string of the molecule is CCC(N)Cc1ccnc(CCOCC(F)(F)F)n1. The molecule has 0 bridgehead atoms. The lowest BCUT2D eigenvalue weighted by Gasteiger charge is -2.09. The van der Waals surface area contributed by atoms with Crippen LogP contribution in [0.5, 0.6) is 0 Å². The molecule has 0 aliphatic heterocycles. The van der Waals surface area contributed by atoms with Crippen LogP contribution in [0, 0.1) is 0 Å². The highest BCUT2D eigenvalue weighted by atomic mass is 19.4. The number of alkyl halides is 3. The predicted molar refractivity (Wildman–Crippen MR) is 64.6 cm³/mol. The summed E-state index contributed by atoms with van der Waals surface area (Å²) in [7, 11) is 0. The number of ether oxygens (including phenoxy) is 1. The second-order valence-corrected chi connectivity index (χ2v) is 4.25. The molecule has 0 aliphatic carbocycles. The van der Waals surface area contributed by atoms with Gasteiger partial charge in [-0.1, -0.05) is 6.92 Å². The Hall–Kier alpha value is -1.21. The minimum atomic E-state index is -4.30. The van der Waals surface area contributed by atoms with Crippen LogP contribution in [0.4, 0.5) is 13.2 Å². The number of halogens is 3. The highest BCUT2D eigenvalue weighted by Gasteiger charge is 2.27. The van der Waals surface area contributed by atoms with E-state index in [2.05, 4.69) is 14.7 Å². The molecule has 1 unspecified atom stereocenters. The Morgan fingerprint density at radius 3 is 2.79 bits per heavy atom. The van der Waals surface area contributed by atoms with Crippen LogP contribution in [-0.2, 0) is 17.6 Å². The monoisotopic (exact) mass is 277 g/mol. The Morgan fingerprint density at radius 2 is 2.16 bits per heavy atom. The number of nitrogens with two attached hydrogens (primary N) is 1. The summed E-state index contributed by atoms with van der Waals surface area (Å²) in [6, 6.07) is 1.79. The van der Waals surface area contributed by atoms with Crippen molar-refractivity contribution >= 4 is 0 Å². The van der Waals surface area contributed by atoms with Gasteiger partial charge in [-0.2, -0.15) is 13.2 Å². The zero-order chi connectivity index (χ0) is 14.3. The second kappa shape index (κ2) is 7.40. The van der Waals surface area contributed by atoms with E-state index in [0.717, 1.165) is 12.1 Å². The highest BCUT2D eigenvalue weighted by molar-refractivity contribution is 5.04. The first kappa shape index (κ1) is 15.8. The fourth-order valence-corrected chi connectivity index (χ4v) is 1.44. The maximum atomic E-state index is 11.9. The van der Waals surface area contributed by atoms with Gasteiger partial charge in [0.1, 0.15) is 12.4 Å². The predicted octanol–water partition coefficient (Wildman–Crippen LogP) is 1.88. The average molecular weight is 277 g/mol. The number of nitrogens with zero attached hydrogens (tertiary/aromatic N) is 2. The van der Waals surface area contributed by atoms with Crippen molar-refractivity contribution in [1.29, 1.82) is 0 Å². The van der Waals surface area contributed by atoms with Crippen molar-refractivity contribution < 1.29 is 17.9 Å². The van der Waals surface area contributed by atoms with Crippen LogP contribution < -0.4 is 5.73 Å². The lowest BCUT2D eigenvalue weighted by atomic mass is 10.1. The molecule has 0 aliphatic rings. The number of hydrogen-bond acceptors (Lipinski definition) is 4. The van der Waals surface area contributed by atoms with Crippen LogP contribution in [0.25, 0.3) is 0 Å². The summed E-state index contributed by atoms with van der Waals surface area (Å²) in [5, 5.41) is 0. The summed E-state index contributed by atoms with van der Waals surface area (Å²) in [6.45, 7) is 0.688. The molecule has 0 saturated carbocycles. The van der Waals surface area contributed by atoms with Crippen LogP contribution in [0.1, 0.15) is 24.9 Å². The fourth-order valence-electron chi connectivity index (χ4n) is 1.44. The molecule has 0 aromatic carbocycles. The quantitative estimate of drug-likeness (QED) is 0.773. The molecule has 0 fully saturated rings. The first-order valence-corrected chi connectivity index (χ1v) is 6.11. The van der Waals surface area contributed by atoms with E-state index in [4.69, 9.17) is 5.73 Å². The van der Waals surface area contributed by atoms with Gasteiger partial charge in [0.25, 0.3) is 0 Å². The molecule has 1 aromatic rings. The van der Waals surface area contributed by atoms with E-state index in [0.29, 0.717) is 12.2 Å². The molecule has 1 heterocycles. The molecule has 0 spiro atoms. The lowest BCUT2D eigenvalue weighted by molar-refractivity contribution is -0.173. The molecule has 2 N–H and O–H groups in total. The molecule has 7 heteroatoms. The third kappa shape index (κ3) is 7.07. The topological polar surface area (TPSA) is 61.0 Å². The van der Waals surface area contributed by atoms with Crippen LogP contribution in [-0.4, -0.2) is 35.4 Å². The van der Waals surface area contributed by atoms with Crippen molar-refractivity contribution in [3.8, 4) is 0 Å². The molecule has 108 valence electrons. The Bertz CT molecular complexity index is 385. The average Bonchev–Trinajstić information content (AvgIpc) is 2.34. The standard InChI is InChI=1S/C12H18F3N3O/c1-2-9(16)7-10-3-5-17-11(18-10)4-6-19-8-12(13,14)15/h3,5,9H,2,4,6-8,16H2,1H3. The van der Waals surface area contributed by atoms with E-state index >= 15 is 0 Å². The summed E-state index contributed by atoms with van der Waals surface area (Å²) < 4.78 is 40.1. The Kier molecular flexibility index (Phi) is 6.17. The van der Waals surface area contributed by atoms with Gasteiger partial charge in [-0.15, -0.1) is 0 Å². The largest absolute Gasteiger partial charge is 0.411 e. The minimum Gasteiger partial charge on any atom is -0.372 e. The second-order valence-electron chi connectivity index (χ2n) is 4.25. The van der Waals surface area contributed by atoms with E-state index in [1.54, 1.807) is 12.3 Å². The molecule has 0 radical (unpaired) electrons. The molecule has 0 amide bonds. The third-order valence-corrected chi connectivity index (χ3v) is 2.49. The first-order valence-electron chi connectivity index (χ1n) is 6.11. The van der Waals surface area contributed by atoms with Gasteiger partial charge in [-0.05, 0) is 12.5 Å². The molecule has 1 atom stereocenters. The van der Waals surface area contributed by atoms with Gasteiger partial charge >= 0.3 is 6.18 Å². The first-order chi connectivity index (χ1) is 8.90. The van der Waals surface area contributed by atoms with Gasteiger partial charge in [-0.25, -0.2) is 9.97 Å². The zero-order valence-corrected chi connectivity index (χ0v) is 10.8. The van der Waals surface area contributed by atoms with Gasteiger partial charge in [0.15, 0.2) is 0 Å². The summed E-state index contributed by atoms with van der Waals surface area (Å²) in [4.78, 5) is 8.24. The van der Waals surface area contributed by atoms with Crippen LogP contribution in [0.15, 0.2) is 12.3 Å². The zero-order valence-electron chi connectivity index (χ0n) is 10.8. The van der Waals surface area contributed by atoms with Crippen molar-refractivity contribution in [1.82, 2.24) is 9.97 Å². The molecule has 0 saturated heterocycles. The maximum Gasteiger partial charge on any atom is 0.411 e. The summed E-state index contributed by atoms with van der Waals surface area (Å²) in [5.74, 6) is 0.475. The number of aromatic nitrogens is 2. The summed E-state index contributed by atoms with van der Waals surface area (Å²) in [6.07, 6.45) is -0.977. The van der Waals surface area contributed by atoms with E-state index < -0.39 is 12.8 Å². The lowest BCUT2D eigenvalue weighted by Crippen LogP contribution is -2.22. The molecule has 4 nitrogen and oxygen atoms in total. The summed E-state index contributed by atoms with van der Waals surface area (Å²) >= 11 is 0. The number of rotatable bonds is 7. The van der Waals surface area contributed by atoms with Gasteiger partial charge in [0.05, 0.1) is 6.61 Å². The van der Waals surface area contributed by atoms with E-state index in [1.165, 1.54) is 0 Å². The Labute approximate surface area is 110 Å². The summed E-state index contributed by atoms with van der Waals surface area (Å²) in [5.41, 5.74) is 6.62. The van der Waals surface area contributed by atoms with Crippen LogP contribution in [0.3, 0.4) is 0 Å². The van der Waals surface area contributed by atoms with Crippen molar-refractivity contribution in [2.24, 2.45) is 5.73 Å². The highest BCUT2D eigenvalue weighted by Crippen LogP contribution is 2.14. The maximum absolute atomic E-state index is 11.9. The van der Waals surface area contributed by atoms with E-state index in [1.807, 2.05) is 6.92 Å². The van der Waals surface area contributed by atoms with E-state index in [9.17, 15) is 13.2 Å². The van der Waals surface area contributed by atoms with Gasteiger partial charge in [0.2, 0.25) is 0 Å². The van der Waals surface area contributed by atoms with Gasteiger partial charge < -0.3 is 10.5 Å². The molecule has 1 aromatic heterocycles. The van der Waals surface area contributed by atoms with Crippen molar-refractivity contribution in [3.05, 3.63) is 23.8 Å². The Morgan fingerprint density at radius 1 is 1.42 bits per heavy atom. The van der Waals surface area contributed by atoms with Gasteiger partial charge in [0, 0.05) is 30.8 Å². The molecular weight excluding hydrogens is 259 g/mol. The smallest absolute Gasteiger partial charge is 0.372 e. The van der Waals surface area contributed by atoms with Crippen molar-refractivity contribution in [2.45, 2.75) is 38.4 Å².